The minimum absolute atomic E-state index is 0.788. The van der Waals surface area contributed by atoms with Gasteiger partial charge in [-0.1, -0.05) is 60.7 Å². The zero-order chi connectivity index (χ0) is 13.6. The first-order valence-corrected chi connectivity index (χ1v) is 7.15. The van der Waals surface area contributed by atoms with Crippen LogP contribution in [0.1, 0.15) is 5.56 Å². The van der Waals surface area contributed by atoms with Crippen molar-refractivity contribution in [2.45, 2.75) is 0 Å². The number of nitrogens with zero attached hydrogens (tertiary/aromatic N) is 2. The highest BCUT2D eigenvalue weighted by Gasteiger charge is 2.02. The summed E-state index contributed by atoms with van der Waals surface area (Å²) in [5.41, 5.74) is 6.10. The zero-order valence-corrected chi connectivity index (χ0v) is 11.5. The maximum absolute atomic E-state index is 4.51. The predicted molar refractivity (Wildman–Crippen MR) is 85.2 cm³/mol. The summed E-state index contributed by atoms with van der Waals surface area (Å²) in [6.07, 6.45) is 1.78. The highest BCUT2D eigenvalue weighted by Crippen LogP contribution is 2.24. The van der Waals surface area contributed by atoms with Crippen molar-refractivity contribution in [1.29, 1.82) is 0 Å². The van der Waals surface area contributed by atoms with E-state index in [0.29, 0.717) is 0 Å². The largest absolute Gasteiger partial charge is 0.253 e. The van der Waals surface area contributed by atoms with Crippen molar-refractivity contribution in [3.8, 4) is 11.3 Å². The molecule has 0 amide bonds. The summed E-state index contributed by atoms with van der Waals surface area (Å²) in [4.78, 5) is 4.51. The number of anilines is 1. The summed E-state index contributed by atoms with van der Waals surface area (Å²) in [6.45, 7) is 0. The van der Waals surface area contributed by atoms with Crippen molar-refractivity contribution in [2.75, 3.05) is 5.43 Å². The molecule has 2 aromatic carbocycles. The fraction of sp³-hybridized carbons (Fsp3) is 0. The number of benzene rings is 2. The van der Waals surface area contributed by atoms with E-state index in [2.05, 4.69) is 15.5 Å². The molecule has 4 heteroatoms. The van der Waals surface area contributed by atoms with Crippen LogP contribution in [0.5, 0.6) is 0 Å². The van der Waals surface area contributed by atoms with E-state index >= 15 is 0 Å². The van der Waals surface area contributed by atoms with Crippen LogP contribution >= 0.6 is 11.3 Å². The average molecular weight is 279 g/mol. The molecule has 0 aliphatic carbocycles. The summed E-state index contributed by atoms with van der Waals surface area (Å²) in [5, 5.41) is 7.00. The predicted octanol–water partition coefficient (Wildman–Crippen LogP) is 4.26. The molecule has 0 saturated heterocycles. The molecule has 0 bridgehead atoms. The molecule has 3 rings (SSSR count). The number of thiazole rings is 1. The molecule has 20 heavy (non-hydrogen) atoms. The first-order chi connectivity index (χ1) is 9.92. The van der Waals surface area contributed by atoms with Crippen molar-refractivity contribution >= 4 is 22.7 Å². The van der Waals surface area contributed by atoms with Crippen LogP contribution in [0.3, 0.4) is 0 Å². The van der Waals surface area contributed by atoms with E-state index in [9.17, 15) is 0 Å². The first-order valence-electron chi connectivity index (χ1n) is 6.27. The Morgan fingerprint density at radius 3 is 2.40 bits per heavy atom. The number of hydrazone groups is 1. The van der Waals surface area contributed by atoms with Crippen LogP contribution in [0.25, 0.3) is 11.3 Å². The minimum atomic E-state index is 0.788. The van der Waals surface area contributed by atoms with Crippen LogP contribution < -0.4 is 5.43 Å². The van der Waals surface area contributed by atoms with E-state index in [1.165, 1.54) is 0 Å². The molecular weight excluding hydrogens is 266 g/mol. The van der Waals surface area contributed by atoms with Gasteiger partial charge in [0.1, 0.15) is 0 Å². The third-order valence-electron chi connectivity index (χ3n) is 2.75. The summed E-state index contributed by atoms with van der Waals surface area (Å²) < 4.78 is 0. The van der Waals surface area contributed by atoms with Gasteiger partial charge in [0.25, 0.3) is 0 Å². The molecule has 0 saturated carbocycles. The lowest BCUT2D eigenvalue weighted by molar-refractivity contribution is 1.29. The Morgan fingerprint density at radius 1 is 0.950 bits per heavy atom. The van der Waals surface area contributed by atoms with E-state index < -0.39 is 0 Å². The quantitative estimate of drug-likeness (QED) is 0.572. The molecule has 0 unspecified atom stereocenters. The van der Waals surface area contributed by atoms with Crippen LogP contribution in [0.15, 0.2) is 71.1 Å². The van der Waals surface area contributed by atoms with Crippen molar-refractivity contribution in [3.05, 3.63) is 71.6 Å². The SMILES string of the molecule is C(=N\Nc1nc(-c2ccccc2)cs1)/c1ccccc1. The third-order valence-corrected chi connectivity index (χ3v) is 3.49. The summed E-state index contributed by atoms with van der Waals surface area (Å²) in [7, 11) is 0. The molecule has 0 atom stereocenters. The van der Waals surface area contributed by atoms with Gasteiger partial charge in [0.05, 0.1) is 11.9 Å². The maximum Gasteiger partial charge on any atom is 0.203 e. The molecule has 1 heterocycles. The number of hydrogen-bond acceptors (Lipinski definition) is 4. The summed E-state index contributed by atoms with van der Waals surface area (Å²) in [5.74, 6) is 0. The molecule has 0 aliphatic heterocycles. The molecular formula is C16H13N3S. The van der Waals surface area contributed by atoms with Crippen molar-refractivity contribution in [3.63, 3.8) is 0 Å². The molecule has 1 N–H and O–H groups in total. The van der Waals surface area contributed by atoms with E-state index in [4.69, 9.17) is 0 Å². The Bertz CT molecular complexity index is 690. The van der Waals surface area contributed by atoms with Crippen LogP contribution in [0, 0.1) is 0 Å². The molecule has 0 fully saturated rings. The summed E-state index contributed by atoms with van der Waals surface area (Å²) >= 11 is 1.54. The Balaban J connectivity index is 1.68. The van der Waals surface area contributed by atoms with Crippen molar-refractivity contribution < 1.29 is 0 Å². The molecule has 3 nitrogen and oxygen atoms in total. The van der Waals surface area contributed by atoms with Gasteiger partial charge in [-0.15, -0.1) is 11.3 Å². The van der Waals surface area contributed by atoms with Crippen LogP contribution in [-0.4, -0.2) is 11.2 Å². The smallest absolute Gasteiger partial charge is 0.203 e. The van der Waals surface area contributed by atoms with Crippen LogP contribution in [-0.2, 0) is 0 Å². The standard InChI is InChI=1S/C16H13N3S/c1-3-7-13(8-4-1)11-17-19-16-18-15(12-20-16)14-9-5-2-6-10-14/h1-12H,(H,18,19)/b17-11+. The van der Waals surface area contributed by atoms with E-state index in [1.807, 2.05) is 66.0 Å². The van der Waals surface area contributed by atoms with Gasteiger partial charge in [-0.3, -0.25) is 5.43 Å². The minimum Gasteiger partial charge on any atom is -0.253 e. The normalized spacial score (nSPS) is 10.8. The van der Waals surface area contributed by atoms with Gasteiger partial charge in [-0.2, -0.15) is 5.10 Å². The van der Waals surface area contributed by atoms with E-state index in [-0.39, 0.29) is 0 Å². The number of rotatable bonds is 4. The Labute approximate surface area is 121 Å². The lowest BCUT2D eigenvalue weighted by atomic mass is 10.2. The van der Waals surface area contributed by atoms with Gasteiger partial charge in [-0.05, 0) is 5.56 Å². The number of nitrogens with one attached hydrogen (secondary N) is 1. The second kappa shape index (κ2) is 6.12. The van der Waals surface area contributed by atoms with Crippen LogP contribution in [0.2, 0.25) is 0 Å². The molecule has 1 aromatic heterocycles. The lowest BCUT2D eigenvalue weighted by Gasteiger charge is -1.95. The van der Waals surface area contributed by atoms with E-state index in [1.54, 1.807) is 17.6 Å². The molecule has 0 radical (unpaired) electrons. The Kier molecular flexibility index (Phi) is 3.85. The van der Waals surface area contributed by atoms with Gasteiger partial charge in [0.15, 0.2) is 0 Å². The average Bonchev–Trinajstić information content (AvgIpc) is 2.98. The topological polar surface area (TPSA) is 37.3 Å². The second-order valence-electron chi connectivity index (χ2n) is 4.18. The van der Waals surface area contributed by atoms with Gasteiger partial charge >= 0.3 is 0 Å². The van der Waals surface area contributed by atoms with Crippen molar-refractivity contribution in [2.24, 2.45) is 5.10 Å². The molecule has 0 aliphatic rings. The van der Waals surface area contributed by atoms with Crippen LogP contribution in [0.4, 0.5) is 5.13 Å². The van der Waals surface area contributed by atoms with Gasteiger partial charge in [0.2, 0.25) is 5.13 Å². The highest BCUT2D eigenvalue weighted by molar-refractivity contribution is 7.14. The Hall–Kier alpha value is -2.46. The fourth-order valence-corrected chi connectivity index (χ4v) is 2.44. The van der Waals surface area contributed by atoms with Gasteiger partial charge in [-0.25, -0.2) is 4.98 Å². The maximum atomic E-state index is 4.51. The molecule has 98 valence electrons. The summed E-state index contributed by atoms with van der Waals surface area (Å²) in [6, 6.07) is 20.1. The fourth-order valence-electron chi connectivity index (χ4n) is 1.77. The monoisotopic (exact) mass is 279 g/mol. The second-order valence-corrected chi connectivity index (χ2v) is 5.04. The molecule has 3 aromatic rings. The van der Waals surface area contributed by atoms with Gasteiger partial charge < -0.3 is 0 Å². The first kappa shape index (κ1) is 12.6. The number of hydrogen-bond donors (Lipinski definition) is 1. The molecule has 0 spiro atoms. The van der Waals surface area contributed by atoms with Gasteiger partial charge in [0, 0.05) is 10.9 Å². The zero-order valence-electron chi connectivity index (χ0n) is 10.7. The highest BCUT2D eigenvalue weighted by atomic mass is 32.1. The Morgan fingerprint density at radius 2 is 1.65 bits per heavy atom. The number of aromatic nitrogens is 1. The van der Waals surface area contributed by atoms with E-state index in [0.717, 1.165) is 22.0 Å². The lowest BCUT2D eigenvalue weighted by Crippen LogP contribution is -1.89. The van der Waals surface area contributed by atoms with Crippen molar-refractivity contribution in [1.82, 2.24) is 4.98 Å². The third kappa shape index (κ3) is 3.10.